The summed E-state index contributed by atoms with van der Waals surface area (Å²) in [6, 6.07) is -0.0899. The quantitative estimate of drug-likeness (QED) is 0.611. The number of aliphatic carboxylic acids is 1. The Bertz CT molecular complexity index is 338. The summed E-state index contributed by atoms with van der Waals surface area (Å²) in [5.74, 6) is -0.357. The fourth-order valence-corrected chi connectivity index (χ4v) is 3.16. The Morgan fingerprint density at radius 2 is 1.86 bits per heavy atom. The topological polar surface area (TPSA) is 78.4 Å². The van der Waals surface area contributed by atoms with Crippen LogP contribution in [0.1, 0.15) is 71.6 Å². The Hall–Kier alpha value is -1.26. The van der Waals surface area contributed by atoms with E-state index in [1.165, 1.54) is 12.8 Å². The van der Waals surface area contributed by atoms with Gasteiger partial charge in [-0.05, 0) is 38.5 Å². The fourth-order valence-electron chi connectivity index (χ4n) is 3.16. The van der Waals surface area contributed by atoms with E-state index in [-0.39, 0.29) is 18.0 Å². The molecule has 122 valence electrons. The Labute approximate surface area is 127 Å². The van der Waals surface area contributed by atoms with E-state index in [1.807, 2.05) is 0 Å². The lowest BCUT2D eigenvalue weighted by Crippen LogP contribution is -2.48. The molecule has 0 aromatic carbocycles. The number of amides is 2. The number of carboxylic acids is 1. The van der Waals surface area contributed by atoms with Crippen molar-refractivity contribution in [2.45, 2.75) is 77.2 Å². The standard InChI is InChI=1S/C16H30N2O3/c1-3-6-13(7-8-14(19)20)9-12-17-15(21)18-16(2)10-4-5-11-16/h13H,3-12H2,1-2H3,(H,19,20)(H2,17,18,21). The molecule has 1 unspecified atom stereocenters. The minimum Gasteiger partial charge on any atom is -0.481 e. The molecule has 0 aromatic heterocycles. The minimum absolute atomic E-state index is 0.0454. The Kier molecular flexibility index (Phi) is 7.54. The molecule has 2 amide bonds. The van der Waals surface area contributed by atoms with Crippen LogP contribution in [0, 0.1) is 5.92 Å². The summed E-state index contributed by atoms with van der Waals surface area (Å²) in [6.45, 7) is 4.83. The van der Waals surface area contributed by atoms with Crippen LogP contribution in [0.4, 0.5) is 4.79 Å². The predicted octanol–water partition coefficient (Wildman–Crippen LogP) is 3.29. The molecule has 21 heavy (non-hydrogen) atoms. The van der Waals surface area contributed by atoms with Gasteiger partial charge in [0.15, 0.2) is 0 Å². The second-order valence-corrected chi connectivity index (χ2v) is 6.52. The molecule has 0 spiro atoms. The largest absolute Gasteiger partial charge is 0.481 e. The first-order chi connectivity index (χ1) is 9.95. The molecule has 1 saturated carbocycles. The monoisotopic (exact) mass is 298 g/mol. The number of nitrogens with one attached hydrogen (secondary N) is 2. The summed E-state index contributed by atoms with van der Waals surface area (Å²) in [7, 11) is 0. The lowest BCUT2D eigenvalue weighted by molar-refractivity contribution is -0.137. The number of carboxylic acid groups (broad SMARTS) is 1. The first-order valence-corrected chi connectivity index (χ1v) is 8.23. The van der Waals surface area contributed by atoms with Crippen molar-refractivity contribution in [3.63, 3.8) is 0 Å². The molecule has 1 aliphatic carbocycles. The van der Waals surface area contributed by atoms with Crippen LogP contribution in [-0.4, -0.2) is 29.2 Å². The van der Waals surface area contributed by atoms with Gasteiger partial charge < -0.3 is 15.7 Å². The third kappa shape index (κ3) is 7.34. The van der Waals surface area contributed by atoms with Crippen molar-refractivity contribution < 1.29 is 14.7 Å². The summed E-state index contributed by atoms with van der Waals surface area (Å²) in [5, 5.41) is 14.7. The number of urea groups is 1. The second-order valence-electron chi connectivity index (χ2n) is 6.52. The fraction of sp³-hybridized carbons (Fsp3) is 0.875. The van der Waals surface area contributed by atoms with E-state index in [2.05, 4.69) is 24.5 Å². The first kappa shape index (κ1) is 17.8. The first-order valence-electron chi connectivity index (χ1n) is 8.23. The molecule has 5 nitrogen and oxygen atoms in total. The van der Waals surface area contributed by atoms with E-state index in [9.17, 15) is 9.59 Å². The molecule has 3 N–H and O–H groups in total. The van der Waals surface area contributed by atoms with Crippen molar-refractivity contribution in [1.82, 2.24) is 10.6 Å². The third-order valence-corrected chi connectivity index (χ3v) is 4.42. The Balaban J connectivity index is 2.22. The lowest BCUT2D eigenvalue weighted by Gasteiger charge is -2.25. The summed E-state index contributed by atoms with van der Waals surface area (Å²) in [6.07, 6.45) is 8.32. The SMILES string of the molecule is CCCC(CCNC(=O)NC1(C)CCCC1)CCC(=O)O. The van der Waals surface area contributed by atoms with Crippen molar-refractivity contribution in [2.24, 2.45) is 5.92 Å². The molecule has 0 aromatic rings. The smallest absolute Gasteiger partial charge is 0.315 e. The zero-order chi connectivity index (χ0) is 15.7. The highest BCUT2D eigenvalue weighted by Crippen LogP contribution is 2.28. The molecule has 1 fully saturated rings. The van der Waals surface area contributed by atoms with Gasteiger partial charge in [0.25, 0.3) is 0 Å². The van der Waals surface area contributed by atoms with Gasteiger partial charge in [-0.2, -0.15) is 0 Å². The van der Waals surface area contributed by atoms with Gasteiger partial charge in [-0.25, -0.2) is 4.79 Å². The summed E-state index contributed by atoms with van der Waals surface area (Å²) < 4.78 is 0. The summed E-state index contributed by atoms with van der Waals surface area (Å²) in [4.78, 5) is 22.5. The zero-order valence-corrected chi connectivity index (χ0v) is 13.4. The van der Waals surface area contributed by atoms with Crippen LogP contribution >= 0.6 is 0 Å². The summed E-state index contributed by atoms with van der Waals surface area (Å²) in [5.41, 5.74) is -0.0454. The van der Waals surface area contributed by atoms with Gasteiger partial charge in [0.1, 0.15) is 0 Å². The van der Waals surface area contributed by atoms with Gasteiger partial charge in [-0.1, -0.05) is 32.6 Å². The van der Waals surface area contributed by atoms with Crippen LogP contribution in [0.15, 0.2) is 0 Å². The predicted molar refractivity (Wildman–Crippen MR) is 83.3 cm³/mol. The van der Waals surface area contributed by atoms with Crippen LogP contribution in [0.5, 0.6) is 0 Å². The van der Waals surface area contributed by atoms with Crippen LogP contribution in [-0.2, 0) is 4.79 Å². The van der Waals surface area contributed by atoms with Crippen LogP contribution in [0.3, 0.4) is 0 Å². The van der Waals surface area contributed by atoms with Gasteiger partial charge >= 0.3 is 12.0 Å². The second kappa shape index (κ2) is 8.90. The highest BCUT2D eigenvalue weighted by atomic mass is 16.4. The number of carbonyl (C=O) groups is 2. The molecule has 0 heterocycles. The molecule has 0 radical (unpaired) electrons. The van der Waals surface area contributed by atoms with Crippen molar-refractivity contribution in [2.75, 3.05) is 6.54 Å². The minimum atomic E-state index is -0.740. The van der Waals surface area contributed by atoms with Gasteiger partial charge in [-0.15, -0.1) is 0 Å². The maximum Gasteiger partial charge on any atom is 0.315 e. The maximum atomic E-state index is 11.9. The molecule has 0 saturated heterocycles. The van der Waals surface area contributed by atoms with Crippen molar-refractivity contribution in [1.29, 1.82) is 0 Å². The zero-order valence-electron chi connectivity index (χ0n) is 13.4. The molecule has 1 rings (SSSR count). The highest BCUT2D eigenvalue weighted by molar-refractivity contribution is 5.74. The van der Waals surface area contributed by atoms with Gasteiger partial charge in [-0.3, -0.25) is 4.79 Å². The van der Waals surface area contributed by atoms with Gasteiger partial charge in [0.05, 0.1) is 0 Å². The number of carbonyl (C=O) groups excluding carboxylic acids is 1. The Morgan fingerprint density at radius 1 is 1.19 bits per heavy atom. The highest BCUT2D eigenvalue weighted by Gasteiger charge is 2.29. The normalized spacial score (nSPS) is 18.2. The van der Waals surface area contributed by atoms with Crippen LogP contribution in [0.2, 0.25) is 0 Å². The van der Waals surface area contributed by atoms with E-state index < -0.39 is 5.97 Å². The molecular weight excluding hydrogens is 268 g/mol. The van der Waals surface area contributed by atoms with Gasteiger partial charge in [0.2, 0.25) is 0 Å². The van der Waals surface area contributed by atoms with Crippen molar-refractivity contribution in [3.05, 3.63) is 0 Å². The molecule has 5 heteroatoms. The van der Waals surface area contributed by atoms with Crippen molar-refractivity contribution in [3.8, 4) is 0 Å². The van der Waals surface area contributed by atoms with E-state index in [1.54, 1.807) is 0 Å². The van der Waals surface area contributed by atoms with E-state index >= 15 is 0 Å². The van der Waals surface area contributed by atoms with Crippen molar-refractivity contribution >= 4 is 12.0 Å². The molecular formula is C16H30N2O3. The molecule has 1 aliphatic rings. The summed E-state index contributed by atoms with van der Waals surface area (Å²) >= 11 is 0. The van der Waals surface area contributed by atoms with Gasteiger partial charge in [0, 0.05) is 18.5 Å². The molecule has 0 aliphatic heterocycles. The number of rotatable bonds is 9. The third-order valence-electron chi connectivity index (χ3n) is 4.42. The van der Waals surface area contributed by atoms with E-state index in [0.717, 1.165) is 32.1 Å². The Morgan fingerprint density at radius 3 is 2.43 bits per heavy atom. The molecule has 0 bridgehead atoms. The number of hydrogen-bond acceptors (Lipinski definition) is 2. The molecule has 1 atom stereocenters. The number of hydrogen-bond donors (Lipinski definition) is 3. The van der Waals surface area contributed by atoms with E-state index in [0.29, 0.717) is 18.9 Å². The average Bonchev–Trinajstić information content (AvgIpc) is 2.82. The van der Waals surface area contributed by atoms with Crippen LogP contribution < -0.4 is 10.6 Å². The van der Waals surface area contributed by atoms with Crippen LogP contribution in [0.25, 0.3) is 0 Å². The lowest BCUT2D eigenvalue weighted by atomic mass is 9.94. The van der Waals surface area contributed by atoms with E-state index in [4.69, 9.17) is 5.11 Å². The maximum absolute atomic E-state index is 11.9. The average molecular weight is 298 g/mol.